The number of imidazole rings is 1. The molecule has 1 fully saturated rings. The van der Waals surface area contributed by atoms with Gasteiger partial charge in [-0.25, -0.2) is 18.1 Å². The van der Waals surface area contributed by atoms with Gasteiger partial charge >= 0.3 is 0 Å². The number of aromatic nitrogens is 2. The maximum Gasteiger partial charge on any atom is 0.260 e. The lowest BCUT2D eigenvalue weighted by Crippen LogP contribution is -2.37. The second-order valence-electron chi connectivity index (χ2n) is 5.03. The highest BCUT2D eigenvalue weighted by molar-refractivity contribution is 7.89. The van der Waals surface area contributed by atoms with Crippen LogP contribution in [-0.2, 0) is 10.0 Å². The number of rotatable bonds is 3. The van der Waals surface area contributed by atoms with E-state index in [0.717, 1.165) is 6.42 Å². The van der Waals surface area contributed by atoms with Crippen LogP contribution in [-0.4, -0.2) is 23.8 Å². The van der Waals surface area contributed by atoms with Crippen molar-refractivity contribution < 1.29 is 8.42 Å². The predicted molar refractivity (Wildman–Crippen MR) is 77.3 cm³/mol. The van der Waals surface area contributed by atoms with Crippen LogP contribution in [0.2, 0.25) is 5.15 Å². The summed E-state index contributed by atoms with van der Waals surface area (Å²) in [6, 6.07) is 6.92. The first-order chi connectivity index (χ1) is 10.0. The number of halogens is 1. The molecule has 2 aromatic rings. The molecule has 0 saturated heterocycles. The standard InChI is InChI=1S/C13H13ClN4O2S/c14-12-13(18-7-2-1-6-11(18)16-12)21(19,20)17-10-5-3-4-9(10)8-15/h1-2,6-7,9-10,17H,3-5H2. The fourth-order valence-corrected chi connectivity index (χ4v) is 4.65. The zero-order valence-electron chi connectivity index (χ0n) is 11.0. The van der Waals surface area contributed by atoms with Gasteiger partial charge in [0.05, 0.1) is 12.0 Å². The minimum Gasteiger partial charge on any atom is -0.288 e. The molecule has 0 aliphatic heterocycles. The number of nitriles is 1. The van der Waals surface area contributed by atoms with E-state index < -0.39 is 10.0 Å². The highest BCUT2D eigenvalue weighted by Gasteiger charge is 2.33. The van der Waals surface area contributed by atoms with Gasteiger partial charge in [0, 0.05) is 12.2 Å². The lowest BCUT2D eigenvalue weighted by atomic mass is 10.1. The molecule has 21 heavy (non-hydrogen) atoms. The van der Waals surface area contributed by atoms with Crippen molar-refractivity contribution in [1.82, 2.24) is 14.1 Å². The number of fused-ring (bicyclic) bond motifs is 1. The normalized spacial score (nSPS) is 22.5. The Hall–Kier alpha value is -1.62. The predicted octanol–water partition coefficient (Wildman–Crippen LogP) is 1.96. The van der Waals surface area contributed by atoms with Crippen LogP contribution in [0, 0.1) is 17.2 Å². The van der Waals surface area contributed by atoms with Crippen molar-refractivity contribution in [2.75, 3.05) is 0 Å². The summed E-state index contributed by atoms with van der Waals surface area (Å²) in [4.78, 5) is 4.04. The maximum absolute atomic E-state index is 12.6. The lowest BCUT2D eigenvalue weighted by Gasteiger charge is -2.15. The summed E-state index contributed by atoms with van der Waals surface area (Å²) in [5.41, 5.74) is 0.464. The maximum atomic E-state index is 12.6. The zero-order chi connectivity index (χ0) is 15.0. The minimum atomic E-state index is -3.83. The monoisotopic (exact) mass is 324 g/mol. The molecule has 1 N–H and O–H groups in total. The highest BCUT2D eigenvalue weighted by atomic mass is 35.5. The Morgan fingerprint density at radius 3 is 3.00 bits per heavy atom. The van der Waals surface area contributed by atoms with Gasteiger partial charge in [0.25, 0.3) is 10.0 Å². The van der Waals surface area contributed by atoms with Gasteiger partial charge in [-0.1, -0.05) is 24.1 Å². The third-order valence-electron chi connectivity index (χ3n) is 3.69. The van der Waals surface area contributed by atoms with Gasteiger partial charge in [0.15, 0.2) is 10.2 Å². The number of sulfonamides is 1. The topological polar surface area (TPSA) is 87.3 Å². The smallest absolute Gasteiger partial charge is 0.260 e. The SMILES string of the molecule is N#CC1CCCC1NS(=O)(=O)c1c(Cl)nc2ccccn12. The fourth-order valence-electron chi connectivity index (χ4n) is 2.70. The molecule has 2 atom stereocenters. The molecule has 0 spiro atoms. The van der Waals surface area contributed by atoms with Crippen LogP contribution in [0.1, 0.15) is 19.3 Å². The zero-order valence-corrected chi connectivity index (χ0v) is 12.6. The van der Waals surface area contributed by atoms with E-state index in [0.29, 0.717) is 18.5 Å². The number of hydrogen-bond donors (Lipinski definition) is 1. The summed E-state index contributed by atoms with van der Waals surface area (Å²) in [7, 11) is -3.83. The Morgan fingerprint density at radius 1 is 1.43 bits per heavy atom. The summed E-state index contributed by atoms with van der Waals surface area (Å²) in [6.45, 7) is 0. The lowest BCUT2D eigenvalue weighted by molar-refractivity contribution is 0.512. The van der Waals surface area contributed by atoms with Crippen molar-refractivity contribution in [3.05, 3.63) is 29.5 Å². The van der Waals surface area contributed by atoms with Gasteiger partial charge in [0.2, 0.25) is 0 Å². The first-order valence-electron chi connectivity index (χ1n) is 6.57. The van der Waals surface area contributed by atoms with E-state index in [1.807, 2.05) is 0 Å². The third-order valence-corrected chi connectivity index (χ3v) is 5.58. The van der Waals surface area contributed by atoms with Crippen molar-refractivity contribution in [3.63, 3.8) is 0 Å². The summed E-state index contributed by atoms with van der Waals surface area (Å²) in [6.07, 6.45) is 3.81. The molecule has 3 rings (SSSR count). The summed E-state index contributed by atoms with van der Waals surface area (Å²) >= 11 is 5.99. The van der Waals surface area contributed by atoms with E-state index in [1.54, 1.807) is 24.4 Å². The highest BCUT2D eigenvalue weighted by Crippen LogP contribution is 2.28. The van der Waals surface area contributed by atoms with Crippen LogP contribution < -0.4 is 4.72 Å². The third kappa shape index (κ3) is 2.50. The number of nitrogens with one attached hydrogen (secondary N) is 1. The first-order valence-corrected chi connectivity index (χ1v) is 8.43. The average molecular weight is 325 g/mol. The van der Waals surface area contributed by atoms with Gasteiger partial charge in [-0.15, -0.1) is 0 Å². The number of nitrogens with zero attached hydrogens (tertiary/aromatic N) is 3. The van der Waals surface area contributed by atoms with Gasteiger partial charge in [-0.05, 0) is 25.0 Å². The van der Waals surface area contributed by atoms with Gasteiger partial charge in [0.1, 0.15) is 5.65 Å². The molecular formula is C13H13ClN4O2S. The van der Waals surface area contributed by atoms with E-state index in [9.17, 15) is 8.42 Å². The Bertz CT molecular complexity index is 824. The second-order valence-corrected chi connectivity index (χ2v) is 7.02. The Kier molecular flexibility index (Phi) is 3.61. The molecule has 1 aliphatic carbocycles. The molecule has 1 aliphatic rings. The van der Waals surface area contributed by atoms with E-state index in [2.05, 4.69) is 15.8 Å². The molecule has 2 unspecified atom stereocenters. The van der Waals surface area contributed by atoms with Crippen molar-refractivity contribution in [3.8, 4) is 6.07 Å². The van der Waals surface area contributed by atoms with Crippen molar-refractivity contribution >= 4 is 27.3 Å². The van der Waals surface area contributed by atoms with Crippen molar-refractivity contribution in [2.45, 2.75) is 30.3 Å². The quantitative estimate of drug-likeness (QED) is 0.934. The number of pyridine rings is 1. The molecule has 8 heteroatoms. The molecule has 2 aromatic heterocycles. The first kappa shape index (κ1) is 14.3. The molecule has 6 nitrogen and oxygen atoms in total. The van der Waals surface area contributed by atoms with Crippen molar-refractivity contribution in [2.24, 2.45) is 5.92 Å². The van der Waals surface area contributed by atoms with E-state index in [-0.39, 0.29) is 22.1 Å². The fraction of sp³-hybridized carbons (Fsp3) is 0.385. The van der Waals surface area contributed by atoms with Gasteiger partial charge in [-0.2, -0.15) is 5.26 Å². The molecule has 1 saturated carbocycles. The molecule has 0 radical (unpaired) electrons. The Morgan fingerprint density at radius 2 is 2.24 bits per heavy atom. The number of hydrogen-bond acceptors (Lipinski definition) is 4. The largest absolute Gasteiger partial charge is 0.288 e. The van der Waals surface area contributed by atoms with Crippen LogP contribution in [0.4, 0.5) is 0 Å². The van der Waals surface area contributed by atoms with Crippen LogP contribution >= 0.6 is 11.6 Å². The molecule has 0 amide bonds. The summed E-state index contributed by atoms with van der Waals surface area (Å²) in [5, 5.41) is 8.91. The summed E-state index contributed by atoms with van der Waals surface area (Å²) in [5.74, 6) is -0.294. The second kappa shape index (κ2) is 5.30. The molecule has 0 aromatic carbocycles. The summed E-state index contributed by atoms with van der Waals surface area (Å²) < 4.78 is 29.2. The molecular weight excluding hydrogens is 312 g/mol. The van der Waals surface area contributed by atoms with Crippen LogP contribution in [0.15, 0.2) is 29.4 Å². The van der Waals surface area contributed by atoms with Gasteiger partial charge < -0.3 is 0 Å². The van der Waals surface area contributed by atoms with Crippen LogP contribution in [0.5, 0.6) is 0 Å². The van der Waals surface area contributed by atoms with E-state index in [4.69, 9.17) is 16.9 Å². The molecule has 2 heterocycles. The Balaban J connectivity index is 2.01. The van der Waals surface area contributed by atoms with E-state index >= 15 is 0 Å². The average Bonchev–Trinajstić information content (AvgIpc) is 3.00. The van der Waals surface area contributed by atoms with Crippen molar-refractivity contribution in [1.29, 1.82) is 5.26 Å². The van der Waals surface area contributed by atoms with Crippen LogP contribution in [0.3, 0.4) is 0 Å². The Labute approximate surface area is 127 Å². The molecule has 110 valence electrons. The molecule has 0 bridgehead atoms. The van der Waals surface area contributed by atoms with Gasteiger partial charge in [-0.3, -0.25) is 4.40 Å². The van der Waals surface area contributed by atoms with E-state index in [1.165, 1.54) is 4.40 Å². The van der Waals surface area contributed by atoms with Crippen LogP contribution in [0.25, 0.3) is 5.65 Å². The minimum absolute atomic E-state index is 0.0693.